The van der Waals surface area contributed by atoms with Crippen LogP contribution in [0, 0.1) is 0 Å². The van der Waals surface area contributed by atoms with E-state index in [1.54, 1.807) is 6.33 Å². The van der Waals surface area contributed by atoms with E-state index in [0.29, 0.717) is 12.6 Å². The quantitative estimate of drug-likeness (QED) is 0.790. The second-order valence-corrected chi connectivity index (χ2v) is 4.87. The summed E-state index contributed by atoms with van der Waals surface area (Å²) >= 11 is 0. The van der Waals surface area contributed by atoms with Crippen LogP contribution >= 0.6 is 0 Å². The Bertz CT molecular complexity index is 775. The Hall–Kier alpha value is -2.57. The second kappa shape index (κ2) is 5.08. The molecule has 2 N–H and O–H groups in total. The Balaban J connectivity index is 2.17. The lowest BCUT2D eigenvalue weighted by atomic mass is 10.2. The van der Waals surface area contributed by atoms with E-state index in [9.17, 15) is 0 Å². The average molecular weight is 286 g/mol. The van der Waals surface area contributed by atoms with E-state index < -0.39 is 0 Å². The highest BCUT2D eigenvalue weighted by molar-refractivity contribution is 5.84. The number of benzene rings is 1. The number of fused-ring (bicyclic) bond motifs is 1. The molecule has 2 heterocycles. The minimum absolute atomic E-state index is 0.0700. The summed E-state index contributed by atoms with van der Waals surface area (Å²) in [4.78, 5) is 4.45. The molecule has 0 bridgehead atoms. The van der Waals surface area contributed by atoms with Crippen molar-refractivity contribution in [1.29, 1.82) is 0 Å². The zero-order valence-corrected chi connectivity index (χ0v) is 12.3. The summed E-state index contributed by atoms with van der Waals surface area (Å²) in [5.74, 6) is 2.00. The fourth-order valence-electron chi connectivity index (χ4n) is 2.57. The van der Waals surface area contributed by atoms with Gasteiger partial charge in [-0.25, -0.2) is 4.98 Å². The molecule has 3 aromatic rings. The Morgan fingerprint density at radius 2 is 2.19 bits per heavy atom. The first-order valence-electron chi connectivity index (χ1n) is 6.86. The van der Waals surface area contributed by atoms with Crippen molar-refractivity contribution in [3.05, 3.63) is 30.4 Å². The highest BCUT2D eigenvalue weighted by atomic mass is 16.5. The smallest absolute Gasteiger partial charge is 0.202 e. The third-order valence-corrected chi connectivity index (χ3v) is 3.52. The van der Waals surface area contributed by atoms with E-state index >= 15 is 0 Å². The first kappa shape index (κ1) is 13.4. The predicted molar refractivity (Wildman–Crippen MR) is 80.1 cm³/mol. The van der Waals surface area contributed by atoms with E-state index in [2.05, 4.69) is 15.2 Å². The maximum absolute atomic E-state index is 6.11. The Kier molecular flexibility index (Phi) is 3.25. The molecule has 1 atom stereocenters. The fourth-order valence-corrected chi connectivity index (χ4v) is 2.57. The van der Waals surface area contributed by atoms with Gasteiger partial charge in [-0.05, 0) is 26.0 Å². The van der Waals surface area contributed by atoms with Crippen LogP contribution in [0.2, 0.25) is 0 Å². The van der Waals surface area contributed by atoms with E-state index in [0.717, 1.165) is 22.6 Å². The molecule has 0 fully saturated rings. The van der Waals surface area contributed by atoms with Crippen molar-refractivity contribution in [1.82, 2.24) is 24.3 Å². The number of imidazole rings is 1. The van der Waals surface area contributed by atoms with Crippen LogP contribution in [0.1, 0.15) is 25.7 Å². The number of aromatic nitrogens is 5. The Labute approximate surface area is 122 Å². The summed E-state index contributed by atoms with van der Waals surface area (Å²) in [7, 11) is 1.91. The van der Waals surface area contributed by atoms with Gasteiger partial charge in [-0.2, -0.15) is 0 Å². The number of nitrogens with two attached hydrogens (primary N) is 1. The van der Waals surface area contributed by atoms with Crippen molar-refractivity contribution in [3.63, 3.8) is 0 Å². The van der Waals surface area contributed by atoms with Gasteiger partial charge in [0.25, 0.3) is 0 Å². The van der Waals surface area contributed by atoms with Gasteiger partial charge in [-0.3, -0.25) is 4.57 Å². The number of nitrogens with zero attached hydrogens (tertiary/aromatic N) is 5. The van der Waals surface area contributed by atoms with E-state index in [-0.39, 0.29) is 6.04 Å². The van der Waals surface area contributed by atoms with Gasteiger partial charge in [-0.15, -0.1) is 10.2 Å². The number of para-hydroxylation sites is 1. The highest BCUT2D eigenvalue weighted by Crippen LogP contribution is 2.31. The van der Waals surface area contributed by atoms with Crippen LogP contribution in [0.25, 0.3) is 11.0 Å². The SMILES string of the molecule is CCOc1cccc2c1nc(N)n2C(C)c1nncn1C. The summed E-state index contributed by atoms with van der Waals surface area (Å²) < 4.78 is 9.44. The summed E-state index contributed by atoms with van der Waals surface area (Å²) in [5.41, 5.74) is 7.81. The van der Waals surface area contributed by atoms with Gasteiger partial charge in [0.05, 0.1) is 18.2 Å². The highest BCUT2D eigenvalue weighted by Gasteiger charge is 2.20. The standard InChI is InChI=1S/C14H18N6O/c1-4-21-11-7-5-6-10-12(11)17-14(15)20(10)9(2)13-18-16-8-19(13)3/h5-9H,4H2,1-3H3,(H2,15,17). The predicted octanol–water partition coefficient (Wildman–Crippen LogP) is 1.75. The third kappa shape index (κ3) is 2.10. The molecule has 7 nitrogen and oxygen atoms in total. The van der Waals surface area contributed by atoms with Crippen LogP contribution in [0.5, 0.6) is 5.75 Å². The van der Waals surface area contributed by atoms with Crippen LogP contribution in [0.15, 0.2) is 24.5 Å². The number of hydrogen-bond acceptors (Lipinski definition) is 5. The van der Waals surface area contributed by atoms with E-state index in [1.807, 2.05) is 48.2 Å². The molecule has 0 saturated carbocycles. The topological polar surface area (TPSA) is 83.8 Å². The fraction of sp³-hybridized carbons (Fsp3) is 0.357. The summed E-state index contributed by atoms with van der Waals surface area (Å²) in [6, 6.07) is 5.75. The Morgan fingerprint density at radius 3 is 2.86 bits per heavy atom. The van der Waals surface area contributed by atoms with Crippen molar-refractivity contribution < 1.29 is 4.74 Å². The number of anilines is 1. The first-order valence-corrected chi connectivity index (χ1v) is 6.86. The van der Waals surface area contributed by atoms with Gasteiger partial charge < -0.3 is 15.0 Å². The van der Waals surface area contributed by atoms with Gasteiger partial charge in [-0.1, -0.05) is 6.07 Å². The minimum atomic E-state index is -0.0700. The van der Waals surface area contributed by atoms with Gasteiger partial charge in [0.1, 0.15) is 17.6 Å². The first-order chi connectivity index (χ1) is 10.1. The van der Waals surface area contributed by atoms with Gasteiger partial charge in [0, 0.05) is 7.05 Å². The van der Waals surface area contributed by atoms with E-state index in [1.165, 1.54) is 0 Å². The van der Waals surface area contributed by atoms with Gasteiger partial charge in [0.2, 0.25) is 5.95 Å². The molecule has 0 aliphatic heterocycles. The zero-order valence-electron chi connectivity index (χ0n) is 12.3. The molecule has 0 amide bonds. The summed E-state index contributed by atoms with van der Waals surface area (Å²) in [6.45, 7) is 4.56. The zero-order chi connectivity index (χ0) is 15.0. The number of ether oxygens (including phenoxy) is 1. The van der Waals surface area contributed by atoms with Crippen molar-refractivity contribution >= 4 is 17.0 Å². The van der Waals surface area contributed by atoms with Gasteiger partial charge in [0.15, 0.2) is 5.82 Å². The normalized spacial score (nSPS) is 12.7. The summed E-state index contributed by atoms with van der Waals surface area (Å²) in [6.07, 6.45) is 1.67. The van der Waals surface area contributed by atoms with Crippen LogP contribution < -0.4 is 10.5 Å². The van der Waals surface area contributed by atoms with E-state index in [4.69, 9.17) is 10.5 Å². The van der Waals surface area contributed by atoms with Crippen molar-refractivity contribution in [2.24, 2.45) is 7.05 Å². The molecule has 110 valence electrons. The molecule has 0 radical (unpaired) electrons. The van der Waals surface area contributed by atoms with Crippen molar-refractivity contribution in [2.75, 3.05) is 12.3 Å². The lowest BCUT2D eigenvalue weighted by Gasteiger charge is -2.15. The molecule has 2 aromatic heterocycles. The van der Waals surface area contributed by atoms with Crippen LogP contribution in [-0.4, -0.2) is 30.9 Å². The second-order valence-electron chi connectivity index (χ2n) is 4.87. The molecule has 3 rings (SSSR count). The number of aryl methyl sites for hydroxylation is 1. The number of rotatable bonds is 4. The largest absolute Gasteiger partial charge is 0.492 e. The Morgan fingerprint density at radius 1 is 1.38 bits per heavy atom. The molecule has 0 aliphatic rings. The van der Waals surface area contributed by atoms with Crippen molar-refractivity contribution in [3.8, 4) is 5.75 Å². The number of nitrogen functional groups attached to an aromatic ring is 1. The van der Waals surface area contributed by atoms with Crippen molar-refractivity contribution in [2.45, 2.75) is 19.9 Å². The van der Waals surface area contributed by atoms with Crippen LogP contribution in [-0.2, 0) is 7.05 Å². The maximum Gasteiger partial charge on any atom is 0.202 e. The molecular formula is C14H18N6O. The van der Waals surface area contributed by atoms with Gasteiger partial charge >= 0.3 is 0 Å². The maximum atomic E-state index is 6.11. The average Bonchev–Trinajstić information content (AvgIpc) is 3.02. The monoisotopic (exact) mass is 286 g/mol. The molecule has 7 heteroatoms. The lowest BCUT2D eigenvalue weighted by molar-refractivity contribution is 0.343. The third-order valence-electron chi connectivity index (χ3n) is 3.52. The molecule has 0 spiro atoms. The number of hydrogen-bond donors (Lipinski definition) is 1. The summed E-state index contributed by atoms with van der Waals surface area (Å²) in [5, 5.41) is 8.08. The molecular weight excluding hydrogens is 268 g/mol. The minimum Gasteiger partial charge on any atom is -0.492 e. The molecule has 0 aliphatic carbocycles. The molecule has 1 aromatic carbocycles. The molecule has 21 heavy (non-hydrogen) atoms. The van der Waals surface area contributed by atoms with Crippen LogP contribution in [0.3, 0.4) is 0 Å². The molecule has 0 saturated heterocycles. The lowest BCUT2D eigenvalue weighted by Crippen LogP contribution is -2.14. The van der Waals surface area contributed by atoms with Crippen LogP contribution in [0.4, 0.5) is 5.95 Å². The molecule has 1 unspecified atom stereocenters.